The Kier molecular flexibility index (Phi) is 2.95. The van der Waals surface area contributed by atoms with Gasteiger partial charge in [-0.2, -0.15) is 0 Å². The molecule has 118 valence electrons. The van der Waals surface area contributed by atoms with Gasteiger partial charge in [-0.3, -0.25) is 9.59 Å². The summed E-state index contributed by atoms with van der Waals surface area (Å²) in [6.45, 7) is 1.79. The number of fused-ring (bicyclic) bond motifs is 5. The van der Waals surface area contributed by atoms with Crippen molar-refractivity contribution in [2.75, 3.05) is 12.0 Å². The Bertz CT molecular complexity index is 736. The number of allylic oxidation sites excluding steroid dienone is 2. The zero-order chi connectivity index (χ0) is 16.3. The molecule has 1 saturated heterocycles. The molecular weight excluding hydrogens is 294 g/mol. The molecule has 0 radical (unpaired) electrons. The number of hydrogen-bond acceptors (Lipinski definition) is 4. The Labute approximate surface area is 133 Å². The Morgan fingerprint density at radius 2 is 1.74 bits per heavy atom. The van der Waals surface area contributed by atoms with Crippen molar-refractivity contribution >= 4 is 23.5 Å². The maximum Gasteiger partial charge on any atom is 0.337 e. The summed E-state index contributed by atoms with van der Waals surface area (Å²) in [5, 5.41) is 0. The van der Waals surface area contributed by atoms with Gasteiger partial charge in [-0.15, -0.1) is 0 Å². The summed E-state index contributed by atoms with van der Waals surface area (Å²) in [7, 11) is 1.32. The number of imide groups is 1. The van der Waals surface area contributed by atoms with Crippen molar-refractivity contribution in [2.45, 2.75) is 13.3 Å². The smallest absolute Gasteiger partial charge is 0.337 e. The summed E-state index contributed by atoms with van der Waals surface area (Å²) in [4.78, 5) is 38.5. The minimum atomic E-state index is -0.433. The highest BCUT2D eigenvalue weighted by Crippen LogP contribution is 2.53. The number of carbonyl (C=O) groups is 3. The summed E-state index contributed by atoms with van der Waals surface area (Å²) < 4.78 is 4.70. The first-order valence-electron chi connectivity index (χ1n) is 7.78. The van der Waals surface area contributed by atoms with Gasteiger partial charge >= 0.3 is 5.97 Å². The number of carbonyl (C=O) groups excluding carboxylic acids is 3. The minimum Gasteiger partial charge on any atom is -0.465 e. The van der Waals surface area contributed by atoms with Crippen molar-refractivity contribution in [2.24, 2.45) is 23.7 Å². The van der Waals surface area contributed by atoms with Crippen molar-refractivity contribution in [3.8, 4) is 0 Å². The van der Waals surface area contributed by atoms with E-state index in [0.29, 0.717) is 11.3 Å². The van der Waals surface area contributed by atoms with Crippen molar-refractivity contribution < 1.29 is 19.1 Å². The van der Waals surface area contributed by atoms with E-state index in [9.17, 15) is 14.4 Å². The molecule has 1 saturated carbocycles. The lowest BCUT2D eigenvalue weighted by Gasteiger charge is -2.19. The molecule has 1 aliphatic heterocycles. The first-order valence-corrected chi connectivity index (χ1v) is 7.78. The van der Waals surface area contributed by atoms with Crippen LogP contribution in [0, 0.1) is 30.6 Å². The molecule has 0 spiro atoms. The fraction of sp³-hybridized carbons (Fsp3) is 0.389. The Hall–Kier alpha value is -2.43. The average Bonchev–Trinajstić information content (AvgIpc) is 3.21. The number of rotatable bonds is 2. The lowest BCUT2D eigenvalue weighted by atomic mass is 9.85. The number of hydrogen-bond donors (Lipinski definition) is 0. The van der Waals surface area contributed by atoms with E-state index in [2.05, 4.69) is 12.2 Å². The molecule has 1 aromatic carbocycles. The summed E-state index contributed by atoms with van der Waals surface area (Å²) >= 11 is 0. The monoisotopic (exact) mass is 311 g/mol. The van der Waals surface area contributed by atoms with Crippen LogP contribution in [0.1, 0.15) is 22.3 Å². The van der Waals surface area contributed by atoms with Crippen molar-refractivity contribution in [3.63, 3.8) is 0 Å². The van der Waals surface area contributed by atoms with Crippen LogP contribution in [-0.2, 0) is 14.3 Å². The number of methoxy groups -OCH3 is 1. The third kappa shape index (κ3) is 1.82. The van der Waals surface area contributed by atoms with E-state index in [-0.39, 0.29) is 35.5 Å². The molecule has 5 heteroatoms. The van der Waals surface area contributed by atoms with Gasteiger partial charge in [0.25, 0.3) is 0 Å². The van der Waals surface area contributed by atoms with Crippen LogP contribution in [0.2, 0.25) is 0 Å². The molecule has 2 fully saturated rings. The van der Waals surface area contributed by atoms with Gasteiger partial charge in [-0.1, -0.05) is 12.2 Å². The molecule has 23 heavy (non-hydrogen) atoms. The fourth-order valence-corrected chi connectivity index (χ4v) is 4.29. The van der Waals surface area contributed by atoms with Crippen LogP contribution in [-0.4, -0.2) is 24.9 Å². The maximum absolute atomic E-state index is 12.8. The first kappa shape index (κ1) is 14.2. The number of ether oxygens (including phenoxy) is 1. The SMILES string of the molecule is COC(=O)c1ccc(N2C(=O)C3C4C=CC(C4)C3C2=O)c(C)c1. The predicted molar refractivity (Wildman–Crippen MR) is 82.7 cm³/mol. The topological polar surface area (TPSA) is 63.7 Å². The van der Waals surface area contributed by atoms with E-state index in [1.807, 2.05) is 0 Å². The van der Waals surface area contributed by atoms with E-state index in [4.69, 9.17) is 4.74 Å². The van der Waals surface area contributed by atoms with Crippen molar-refractivity contribution in [1.82, 2.24) is 0 Å². The second kappa shape index (κ2) is 4.78. The zero-order valence-corrected chi connectivity index (χ0v) is 13.0. The number of nitrogens with zero attached hydrogens (tertiary/aromatic N) is 1. The molecule has 2 bridgehead atoms. The van der Waals surface area contributed by atoms with Crippen LogP contribution < -0.4 is 4.90 Å². The number of benzene rings is 1. The van der Waals surface area contributed by atoms with E-state index in [1.165, 1.54) is 12.0 Å². The lowest BCUT2D eigenvalue weighted by molar-refractivity contribution is -0.123. The van der Waals surface area contributed by atoms with Crippen LogP contribution in [0.5, 0.6) is 0 Å². The van der Waals surface area contributed by atoms with Crippen molar-refractivity contribution in [1.29, 1.82) is 0 Å². The van der Waals surface area contributed by atoms with E-state index >= 15 is 0 Å². The summed E-state index contributed by atoms with van der Waals surface area (Å²) in [5.41, 5.74) is 1.70. The van der Waals surface area contributed by atoms with Crippen LogP contribution in [0.4, 0.5) is 5.69 Å². The second-order valence-electron chi connectivity index (χ2n) is 6.50. The molecule has 0 aromatic heterocycles. The van der Waals surface area contributed by atoms with Gasteiger partial charge in [0, 0.05) is 0 Å². The summed E-state index contributed by atoms with van der Waals surface area (Å²) in [5.74, 6) is -0.675. The Balaban J connectivity index is 1.71. The molecule has 4 unspecified atom stereocenters. The van der Waals surface area contributed by atoms with E-state index < -0.39 is 5.97 Å². The van der Waals surface area contributed by atoms with Gasteiger partial charge in [0.2, 0.25) is 11.8 Å². The second-order valence-corrected chi connectivity index (χ2v) is 6.50. The van der Waals surface area contributed by atoms with Gasteiger partial charge in [-0.05, 0) is 48.9 Å². The minimum absolute atomic E-state index is 0.106. The van der Waals surface area contributed by atoms with Crippen molar-refractivity contribution in [3.05, 3.63) is 41.5 Å². The highest BCUT2D eigenvalue weighted by atomic mass is 16.5. The van der Waals surface area contributed by atoms with E-state index in [1.54, 1.807) is 25.1 Å². The fourth-order valence-electron chi connectivity index (χ4n) is 4.29. The maximum atomic E-state index is 12.8. The highest BCUT2D eigenvalue weighted by molar-refractivity contribution is 6.23. The standard InChI is InChI=1S/C18H17NO4/c1-9-7-12(18(22)23-2)5-6-13(9)19-16(20)14-10-3-4-11(8-10)15(14)17(19)21/h3-7,10-11,14-15H,8H2,1-2H3. The zero-order valence-electron chi connectivity index (χ0n) is 13.0. The lowest BCUT2D eigenvalue weighted by Crippen LogP contribution is -2.33. The number of amides is 2. The molecule has 4 rings (SSSR count). The summed E-state index contributed by atoms with van der Waals surface area (Å²) in [6, 6.07) is 4.91. The van der Waals surface area contributed by atoms with Crippen LogP contribution in [0.15, 0.2) is 30.4 Å². The Morgan fingerprint density at radius 3 is 2.26 bits per heavy atom. The van der Waals surface area contributed by atoms with Crippen LogP contribution in [0.3, 0.4) is 0 Å². The molecule has 1 heterocycles. The van der Waals surface area contributed by atoms with Gasteiger partial charge in [-0.25, -0.2) is 9.69 Å². The number of esters is 1. The molecule has 1 aromatic rings. The van der Waals surface area contributed by atoms with Gasteiger partial charge in [0.15, 0.2) is 0 Å². The normalized spacial score (nSPS) is 31.0. The van der Waals surface area contributed by atoms with Crippen LogP contribution in [0.25, 0.3) is 0 Å². The molecule has 2 aliphatic carbocycles. The molecule has 5 nitrogen and oxygen atoms in total. The average molecular weight is 311 g/mol. The number of aryl methyl sites for hydroxylation is 1. The molecule has 4 atom stereocenters. The summed E-state index contributed by atoms with van der Waals surface area (Å²) in [6.07, 6.45) is 5.07. The quantitative estimate of drug-likeness (QED) is 0.477. The number of anilines is 1. The molecule has 2 amide bonds. The van der Waals surface area contributed by atoms with Gasteiger partial charge in [0.05, 0.1) is 30.2 Å². The Morgan fingerprint density at radius 1 is 1.13 bits per heavy atom. The van der Waals surface area contributed by atoms with Crippen LogP contribution >= 0.6 is 0 Å². The third-order valence-electron chi connectivity index (χ3n) is 5.33. The molecule has 0 N–H and O–H groups in total. The molecule has 3 aliphatic rings. The van der Waals surface area contributed by atoms with Gasteiger partial charge in [0.1, 0.15) is 0 Å². The van der Waals surface area contributed by atoms with E-state index in [0.717, 1.165) is 12.0 Å². The van der Waals surface area contributed by atoms with Gasteiger partial charge < -0.3 is 4.74 Å². The highest BCUT2D eigenvalue weighted by Gasteiger charge is 2.59. The largest absolute Gasteiger partial charge is 0.465 e. The predicted octanol–water partition coefficient (Wildman–Crippen LogP) is 2.09. The third-order valence-corrected chi connectivity index (χ3v) is 5.33. The molecular formula is C18H17NO4. The first-order chi connectivity index (χ1) is 11.0.